The van der Waals surface area contributed by atoms with Crippen molar-refractivity contribution in [3.8, 4) is 17.6 Å². The molecule has 1 N–H and O–H groups in total. The van der Waals surface area contributed by atoms with Crippen LogP contribution in [0.15, 0.2) is 97.1 Å². The first-order chi connectivity index (χ1) is 20.6. The van der Waals surface area contributed by atoms with Crippen molar-refractivity contribution in [2.24, 2.45) is 0 Å². The van der Waals surface area contributed by atoms with Gasteiger partial charge in [0.2, 0.25) is 0 Å². The molecule has 0 radical (unpaired) electrons. The molecule has 0 atom stereocenters. The molecule has 4 aromatic carbocycles. The number of hydrogen-bond acceptors (Lipinski definition) is 6. The lowest BCUT2D eigenvalue weighted by Crippen LogP contribution is -2.45. The Kier molecular flexibility index (Phi) is 9.71. The zero-order chi connectivity index (χ0) is 29.1. The molecule has 1 fully saturated rings. The molecule has 1 saturated heterocycles. The molecule has 0 unspecified atom stereocenters. The number of carbonyl (C=O) groups excluding carboxylic acids is 1. The molecule has 0 spiro atoms. The Morgan fingerprint density at radius 1 is 0.881 bits per heavy atom. The van der Waals surface area contributed by atoms with E-state index in [0.29, 0.717) is 29.2 Å². The summed E-state index contributed by atoms with van der Waals surface area (Å²) >= 11 is 0. The monoisotopic (exact) mass is 560 g/mol. The predicted molar refractivity (Wildman–Crippen MR) is 166 cm³/mol. The van der Waals surface area contributed by atoms with Gasteiger partial charge in [0.1, 0.15) is 0 Å². The van der Waals surface area contributed by atoms with Gasteiger partial charge in [0.25, 0.3) is 5.91 Å². The van der Waals surface area contributed by atoms with Gasteiger partial charge in [0, 0.05) is 44.1 Å². The Balaban J connectivity index is 1.15. The van der Waals surface area contributed by atoms with E-state index in [1.54, 1.807) is 25.3 Å². The van der Waals surface area contributed by atoms with Crippen LogP contribution in [0.3, 0.4) is 0 Å². The number of piperazine rings is 1. The van der Waals surface area contributed by atoms with Gasteiger partial charge in [-0.2, -0.15) is 5.26 Å². The van der Waals surface area contributed by atoms with Gasteiger partial charge in [-0.15, -0.1) is 0 Å². The Hall–Kier alpha value is -4.80. The van der Waals surface area contributed by atoms with Crippen molar-refractivity contribution in [3.63, 3.8) is 0 Å². The number of nitriles is 1. The smallest absolute Gasteiger partial charge is 0.259 e. The average Bonchev–Trinajstić information content (AvgIpc) is 3.04. The topological polar surface area (TPSA) is 77.8 Å². The maximum Gasteiger partial charge on any atom is 0.259 e. The second kappa shape index (κ2) is 14.2. The van der Waals surface area contributed by atoms with E-state index in [-0.39, 0.29) is 5.91 Å². The SMILES string of the molecule is COc1cccc(C(=O)Nc2ccc(N3CCN(Cc4cccc(C#N)c4)CC3)cc2)c1OCCCc1ccccc1. The van der Waals surface area contributed by atoms with Crippen LogP contribution < -0.4 is 19.7 Å². The van der Waals surface area contributed by atoms with E-state index < -0.39 is 0 Å². The number of aryl methyl sites for hydroxylation is 1. The van der Waals surface area contributed by atoms with Crippen molar-refractivity contribution in [3.05, 3.63) is 119 Å². The fourth-order valence-electron chi connectivity index (χ4n) is 5.22. The summed E-state index contributed by atoms with van der Waals surface area (Å²) < 4.78 is 11.6. The van der Waals surface area contributed by atoms with Crippen LogP contribution in [0.2, 0.25) is 0 Å². The Morgan fingerprint density at radius 2 is 1.62 bits per heavy atom. The lowest BCUT2D eigenvalue weighted by Gasteiger charge is -2.36. The Bertz CT molecular complexity index is 1510. The molecule has 0 aromatic heterocycles. The van der Waals surface area contributed by atoms with Crippen LogP contribution in [-0.4, -0.2) is 50.7 Å². The summed E-state index contributed by atoms with van der Waals surface area (Å²) in [5, 5.41) is 12.2. The fraction of sp³-hybridized carbons (Fsp3) is 0.257. The number of ether oxygens (including phenoxy) is 2. The van der Waals surface area contributed by atoms with Crippen molar-refractivity contribution >= 4 is 17.3 Å². The van der Waals surface area contributed by atoms with Crippen LogP contribution in [0, 0.1) is 11.3 Å². The third-order valence-electron chi connectivity index (χ3n) is 7.47. The maximum absolute atomic E-state index is 13.3. The first kappa shape index (κ1) is 28.7. The first-order valence-electron chi connectivity index (χ1n) is 14.3. The molecule has 5 rings (SSSR count). The number of nitrogens with zero attached hydrogens (tertiary/aromatic N) is 3. The highest BCUT2D eigenvalue weighted by atomic mass is 16.5. The van der Waals surface area contributed by atoms with Gasteiger partial charge < -0.3 is 19.7 Å². The molecule has 42 heavy (non-hydrogen) atoms. The highest BCUT2D eigenvalue weighted by Crippen LogP contribution is 2.32. The van der Waals surface area contributed by atoms with E-state index >= 15 is 0 Å². The third kappa shape index (κ3) is 7.48. The van der Waals surface area contributed by atoms with Crippen LogP contribution in [0.25, 0.3) is 0 Å². The standard InChI is InChI=1S/C35H36N4O3/c1-41-33-14-6-13-32(34(33)42-23-7-12-27-8-3-2-4-9-27)35(40)37-30-15-17-31(18-16-30)39-21-19-38(20-22-39)26-29-11-5-10-28(24-29)25-36/h2-6,8-11,13-18,24H,7,12,19-23,26H2,1H3,(H,37,40). The summed E-state index contributed by atoms with van der Waals surface area (Å²) in [6.45, 7) is 5.04. The minimum atomic E-state index is -0.242. The summed E-state index contributed by atoms with van der Waals surface area (Å²) in [5.41, 5.74) is 5.41. The van der Waals surface area contributed by atoms with Crippen molar-refractivity contribution in [2.45, 2.75) is 19.4 Å². The van der Waals surface area contributed by atoms with Crippen LogP contribution in [0.5, 0.6) is 11.5 Å². The molecule has 214 valence electrons. The molecule has 7 heteroatoms. The minimum Gasteiger partial charge on any atom is -0.493 e. The van der Waals surface area contributed by atoms with Gasteiger partial charge in [-0.05, 0) is 72.5 Å². The number of nitrogens with one attached hydrogen (secondary N) is 1. The van der Waals surface area contributed by atoms with Gasteiger partial charge in [-0.25, -0.2) is 0 Å². The van der Waals surface area contributed by atoms with E-state index in [1.807, 2.05) is 60.7 Å². The van der Waals surface area contributed by atoms with E-state index in [1.165, 1.54) is 11.1 Å². The quantitative estimate of drug-likeness (QED) is 0.222. The number of para-hydroxylation sites is 1. The zero-order valence-corrected chi connectivity index (χ0v) is 24.0. The molecule has 0 aliphatic carbocycles. The summed E-state index contributed by atoms with van der Waals surface area (Å²) in [7, 11) is 1.58. The molecule has 0 saturated carbocycles. The first-order valence-corrected chi connectivity index (χ1v) is 14.3. The van der Waals surface area contributed by atoms with Crippen LogP contribution in [0.4, 0.5) is 11.4 Å². The van der Waals surface area contributed by atoms with E-state index in [0.717, 1.165) is 56.9 Å². The Morgan fingerprint density at radius 3 is 2.36 bits per heavy atom. The molecule has 1 heterocycles. The number of amides is 1. The molecule has 1 aliphatic heterocycles. The third-order valence-corrected chi connectivity index (χ3v) is 7.47. The number of anilines is 2. The lowest BCUT2D eigenvalue weighted by atomic mass is 10.1. The predicted octanol–water partition coefficient (Wildman–Crippen LogP) is 6.15. The molecule has 4 aromatic rings. The number of carbonyl (C=O) groups is 1. The summed E-state index contributed by atoms with van der Waals surface area (Å²) in [4.78, 5) is 18.1. The van der Waals surface area contributed by atoms with Crippen molar-refractivity contribution < 1.29 is 14.3 Å². The zero-order valence-electron chi connectivity index (χ0n) is 24.0. The largest absolute Gasteiger partial charge is 0.493 e. The van der Waals surface area contributed by atoms with Crippen molar-refractivity contribution in [1.82, 2.24) is 4.90 Å². The van der Waals surface area contributed by atoms with Crippen LogP contribution >= 0.6 is 0 Å². The lowest BCUT2D eigenvalue weighted by molar-refractivity contribution is 0.102. The summed E-state index contributed by atoms with van der Waals surface area (Å²) in [6.07, 6.45) is 1.72. The van der Waals surface area contributed by atoms with Crippen LogP contribution in [0.1, 0.15) is 33.5 Å². The van der Waals surface area contributed by atoms with E-state index in [2.05, 4.69) is 39.4 Å². The maximum atomic E-state index is 13.3. The molecular formula is C35H36N4O3. The van der Waals surface area contributed by atoms with E-state index in [9.17, 15) is 4.79 Å². The highest BCUT2D eigenvalue weighted by Gasteiger charge is 2.19. The second-order valence-electron chi connectivity index (χ2n) is 10.4. The summed E-state index contributed by atoms with van der Waals surface area (Å²) in [6, 6.07) is 33.7. The fourth-order valence-corrected chi connectivity index (χ4v) is 5.22. The van der Waals surface area contributed by atoms with Crippen molar-refractivity contribution in [1.29, 1.82) is 5.26 Å². The minimum absolute atomic E-state index is 0.242. The Labute approximate surface area is 247 Å². The van der Waals surface area contributed by atoms with Gasteiger partial charge in [0.15, 0.2) is 11.5 Å². The molecule has 7 nitrogen and oxygen atoms in total. The van der Waals surface area contributed by atoms with Gasteiger partial charge in [-0.1, -0.05) is 48.5 Å². The highest BCUT2D eigenvalue weighted by molar-refractivity contribution is 6.06. The number of benzene rings is 4. The van der Waals surface area contributed by atoms with E-state index in [4.69, 9.17) is 14.7 Å². The number of rotatable bonds is 11. The van der Waals surface area contributed by atoms with Gasteiger partial charge in [-0.3, -0.25) is 9.69 Å². The van der Waals surface area contributed by atoms with Crippen molar-refractivity contribution in [2.75, 3.05) is 50.1 Å². The molecule has 0 bridgehead atoms. The molecular weight excluding hydrogens is 524 g/mol. The normalized spacial score (nSPS) is 13.3. The number of methoxy groups -OCH3 is 1. The molecule has 1 amide bonds. The second-order valence-corrected chi connectivity index (χ2v) is 10.4. The van der Waals surface area contributed by atoms with Gasteiger partial charge >= 0.3 is 0 Å². The average molecular weight is 561 g/mol. The van der Waals surface area contributed by atoms with Gasteiger partial charge in [0.05, 0.1) is 30.9 Å². The number of hydrogen-bond donors (Lipinski definition) is 1. The van der Waals surface area contributed by atoms with Crippen LogP contribution in [-0.2, 0) is 13.0 Å². The molecule has 1 aliphatic rings. The summed E-state index contributed by atoms with van der Waals surface area (Å²) in [5.74, 6) is 0.753.